The van der Waals surface area contributed by atoms with Crippen molar-refractivity contribution in [3.05, 3.63) is 35.9 Å². The Morgan fingerprint density at radius 3 is 2.20 bits per heavy atom. The summed E-state index contributed by atoms with van der Waals surface area (Å²) < 4.78 is 0. The quantitative estimate of drug-likeness (QED) is 0.568. The lowest BCUT2D eigenvalue weighted by Gasteiger charge is -2.14. The van der Waals surface area contributed by atoms with Gasteiger partial charge in [0.2, 0.25) is 0 Å². The average molecular weight is 207 g/mol. The van der Waals surface area contributed by atoms with Gasteiger partial charge in [0, 0.05) is 11.6 Å². The highest BCUT2D eigenvalue weighted by Crippen LogP contribution is 2.11. The fourth-order valence-electron chi connectivity index (χ4n) is 1.36. The highest BCUT2D eigenvalue weighted by molar-refractivity contribution is 6.08. The van der Waals surface area contributed by atoms with Gasteiger partial charge in [-0.15, -0.1) is 0 Å². The van der Waals surface area contributed by atoms with Crippen LogP contribution >= 0.6 is 0 Å². The third-order valence-electron chi connectivity index (χ3n) is 2.13. The van der Waals surface area contributed by atoms with E-state index in [0.717, 1.165) is 0 Å². The zero-order chi connectivity index (χ0) is 11.4. The Hall–Kier alpha value is -1.68. The van der Waals surface area contributed by atoms with Gasteiger partial charge in [-0.2, -0.15) is 0 Å². The number of Topliss-reactive ketones (excluding diaryl/α,β-unsaturated/α-hetero) is 1. The van der Waals surface area contributed by atoms with Crippen LogP contribution in [0.3, 0.4) is 0 Å². The molecule has 2 atom stereocenters. The van der Waals surface area contributed by atoms with Gasteiger partial charge in [0.05, 0.1) is 0 Å². The molecule has 0 radical (unpaired) electrons. The molecule has 0 fully saturated rings. The first kappa shape index (κ1) is 11.4. The molecule has 4 nitrogen and oxygen atoms in total. The summed E-state index contributed by atoms with van der Waals surface area (Å²) >= 11 is 0. The Morgan fingerprint density at radius 2 is 1.80 bits per heavy atom. The molecule has 0 aliphatic heterocycles. The first-order chi connectivity index (χ1) is 7.04. The molecule has 1 aromatic carbocycles. The van der Waals surface area contributed by atoms with Gasteiger partial charge < -0.3 is 10.8 Å². The Labute approximate surface area is 87.7 Å². The molecule has 0 spiro atoms. The minimum absolute atomic E-state index is 0.377. The molecule has 2 unspecified atom stereocenters. The summed E-state index contributed by atoms with van der Waals surface area (Å²) in [6.07, 6.45) is 0. The number of benzene rings is 1. The molecule has 4 heteroatoms. The lowest BCUT2D eigenvalue weighted by molar-refractivity contribution is -0.140. The second-order valence-electron chi connectivity index (χ2n) is 3.41. The van der Waals surface area contributed by atoms with Crippen LogP contribution in [0.4, 0.5) is 0 Å². The Kier molecular flexibility index (Phi) is 3.57. The number of aliphatic carboxylic acids is 1. The van der Waals surface area contributed by atoms with E-state index in [1.54, 1.807) is 30.3 Å². The predicted octanol–water partition coefficient (Wildman–Crippen LogP) is 0.917. The Bertz CT molecular complexity index is 359. The van der Waals surface area contributed by atoms with Crippen molar-refractivity contribution >= 4 is 11.8 Å². The van der Waals surface area contributed by atoms with Gasteiger partial charge in [-0.3, -0.25) is 9.59 Å². The number of carboxylic acid groups (broad SMARTS) is 1. The third kappa shape index (κ3) is 2.63. The van der Waals surface area contributed by atoms with Crippen LogP contribution in [0.15, 0.2) is 30.3 Å². The zero-order valence-corrected chi connectivity index (χ0v) is 8.38. The van der Waals surface area contributed by atoms with E-state index in [-0.39, 0.29) is 0 Å². The minimum Gasteiger partial charge on any atom is -0.481 e. The maximum absolute atomic E-state index is 11.8. The Balaban J connectivity index is 2.97. The molecule has 0 aliphatic rings. The second-order valence-corrected chi connectivity index (χ2v) is 3.41. The van der Waals surface area contributed by atoms with Crippen molar-refractivity contribution in [2.75, 3.05) is 0 Å². The summed E-state index contributed by atoms with van der Waals surface area (Å²) in [7, 11) is 0. The molecule has 0 heterocycles. The highest BCUT2D eigenvalue weighted by Gasteiger charge is 2.30. The first-order valence-corrected chi connectivity index (χ1v) is 4.61. The highest BCUT2D eigenvalue weighted by atomic mass is 16.4. The maximum Gasteiger partial charge on any atom is 0.316 e. The van der Waals surface area contributed by atoms with E-state index >= 15 is 0 Å². The van der Waals surface area contributed by atoms with Crippen LogP contribution in [-0.4, -0.2) is 22.9 Å². The van der Waals surface area contributed by atoms with E-state index in [4.69, 9.17) is 10.8 Å². The topological polar surface area (TPSA) is 80.4 Å². The van der Waals surface area contributed by atoms with Gasteiger partial charge in [-0.25, -0.2) is 0 Å². The molecule has 0 amide bonds. The van der Waals surface area contributed by atoms with Crippen molar-refractivity contribution in [3.63, 3.8) is 0 Å². The molecule has 3 N–H and O–H groups in total. The first-order valence-electron chi connectivity index (χ1n) is 4.61. The van der Waals surface area contributed by atoms with Crippen LogP contribution in [0.1, 0.15) is 17.3 Å². The standard InChI is InChI=1S/C11H13NO3/c1-7(12)9(11(14)15)10(13)8-5-3-2-4-6-8/h2-7,9H,12H2,1H3,(H,14,15). The minimum atomic E-state index is -1.18. The van der Waals surface area contributed by atoms with Crippen molar-refractivity contribution in [1.29, 1.82) is 0 Å². The van der Waals surface area contributed by atoms with Crippen LogP contribution in [0.5, 0.6) is 0 Å². The van der Waals surface area contributed by atoms with Crippen molar-refractivity contribution in [2.45, 2.75) is 13.0 Å². The monoisotopic (exact) mass is 207 g/mol. The number of rotatable bonds is 4. The fraction of sp³-hybridized carbons (Fsp3) is 0.273. The summed E-state index contributed by atoms with van der Waals surface area (Å²) in [5, 5.41) is 8.87. The van der Waals surface area contributed by atoms with E-state index in [1.807, 2.05) is 0 Å². The van der Waals surface area contributed by atoms with Gasteiger partial charge in [0.15, 0.2) is 5.78 Å². The number of carbonyl (C=O) groups excluding carboxylic acids is 1. The molecular formula is C11H13NO3. The van der Waals surface area contributed by atoms with E-state index in [9.17, 15) is 9.59 Å². The van der Waals surface area contributed by atoms with Gasteiger partial charge in [0.1, 0.15) is 5.92 Å². The lowest BCUT2D eigenvalue weighted by Crippen LogP contribution is -2.38. The van der Waals surface area contributed by atoms with E-state index < -0.39 is 23.7 Å². The lowest BCUT2D eigenvalue weighted by atomic mass is 9.92. The van der Waals surface area contributed by atoms with E-state index in [1.165, 1.54) is 6.92 Å². The summed E-state index contributed by atoms with van der Waals surface area (Å²) in [6.45, 7) is 1.51. The Morgan fingerprint density at radius 1 is 1.27 bits per heavy atom. The number of hydrogen-bond acceptors (Lipinski definition) is 3. The number of hydrogen-bond donors (Lipinski definition) is 2. The molecule has 1 rings (SSSR count). The SMILES string of the molecule is CC(N)C(C(=O)O)C(=O)c1ccccc1. The summed E-state index contributed by atoms with van der Waals surface area (Å²) in [5.74, 6) is -2.80. The van der Waals surface area contributed by atoms with Gasteiger partial charge in [-0.1, -0.05) is 30.3 Å². The van der Waals surface area contributed by atoms with E-state index in [0.29, 0.717) is 5.56 Å². The molecule has 0 aliphatic carbocycles. The van der Waals surface area contributed by atoms with Crippen molar-refractivity contribution < 1.29 is 14.7 Å². The zero-order valence-electron chi connectivity index (χ0n) is 8.38. The number of carboxylic acids is 1. The molecule has 0 saturated carbocycles. The summed E-state index contributed by atoms with van der Waals surface area (Å²) in [4.78, 5) is 22.6. The second kappa shape index (κ2) is 4.70. The van der Waals surface area contributed by atoms with Crippen LogP contribution < -0.4 is 5.73 Å². The van der Waals surface area contributed by atoms with Crippen LogP contribution in [0, 0.1) is 5.92 Å². The van der Waals surface area contributed by atoms with Gasteiger partial charge >= 0.3 is 5.97 Å². The molecule has 0 aromatic heterocycles. The molecule has 1 aromatic rings. The number of ketones is 1. The normalized spacial score (nSPS) is 14.3. The molecule has 15 heavy (non-hydrogen) atoms. The maximum atomic E-state index is 11.8. The molecule has 0 saturated heterocycles. The molecular weight excluding hydrogens is 194 g/mol. The van der Waals surface area contributed by atoms with E-state index in [2.05, 4.69) is 0 Å². The molecule has 80 valence electrons. The largest absolute Gasteiger partial charge is 0.481 e. The van der Waals surface area contributed by atoms with Crippen LogP contribution in [0.2, 0.25) is 0 Å². The predicted molar refractivity (Wildman–Crippen MR) is 55.5 cm³/mol. The van der Waals surface area contributed by atoms with Crippen molar-refractivity contribution in [2.24, 2.45) is 11.7 Å². The van der Waals surface area contributed by atoms with Gasteiger partial charge in [0.25, 0.3) is 0 Å². The van der Waals surface area contributed by atoms with Crippen molar-refractivity contribution in [3.8, 4) is 0 Å². The summed E-state index contributed by atoms with van der Waals surface area (Å²) in [6, 6.07) is 7.61. The third-order valence-corrected chi connectivity index (χ3v) is 2.13. The summed E-state index contributed by atoms with van der Waals surface area (Å²) in [5.41, 5.74) is 5.85. The number of carbonyl (C=O) groups is 2. The number of nitrogens with two attached hydrogens (primary N) is 1. The smallest absolute Gasteiger partial charge is 0.316 e. The van der Waals surface area contributed by atoms with Crippen LogP contribution in [0.25, 0.3) is 0 Å². The van der Waals surface area contributed by atoms with Crippen molar-refractivity contribution in [1.82, 2.24) is 0 Å². The molecule has 0 bridgehead atoms. The van der Waals surface area contributed by atoms with Gasteiger partial charge in [-0.05, 0) is 6.92 Å². The average Bonchev–Trinajstić information content (AvgIpc) is 2.18. The fourth-order valence-corrected chi connectivity index (χ4v) is 1.36. The van der Waals surface area contributed by atoms with Crippen LogP contribution in [-0.2, 0) is 4.79 Å².